The highest BCUT2D eigenvalue weighted by molar-refractivity contribution is 5.85. The zero-order valence-electron chi connectivity index (χ0n) is 5.22. The van der Waals surface area contributed by atoms with Crippen LogP contribution in [0.25, 0.3) is 0 Å². The van der Waals surface area contributed by atoms with Gasteiger partial charge in [0.25, 0.3) is 0 Å². The Morgan fingerprint density at radius 2 is 2.44 bits per heavy atom. The van der Waals surface area contributed by atoms with Crippen LogP contribution in [-0.4, -0.2) is 19.4 Å². The molecular formula is C5H9N3O. The zero-order chi connectivity index (χ0) is 7.11. The SMILES string of the molecule is C=CN=CNC(=O)NC. The Kier molecular flexibility index (Phi) is 4.12. The van der Waals surface area contributed by atoms with Crippen molar-refractivity contribution in [2.45, 2.75) is 0 Å². The summed E-state index contributed by atoms with van der Waals surface area (Å²) in [6.07, 6.45) is 2.59. The second kappa shape index (κ2) is 4.83. The van der Waals surface area contributed by atoms with Crippen molar-refractivity contribution in [3.05, 3.63) is 12.8 Å². The number of urea groups is 1. The standard InChI is InChI=1S/C5H9N3O/c1-3-7-4-8-5(9)6-2/h3-4H,1H2,2H3,(H2,6,7,8,9). The number of aliphatic imine (C=N–C) groups is 1. The van der Waals surface area contributed by atoms with Crippen molar-refractivity contribution in [2.75, 3.05) is 7.05 Å². The first-order chi connectivity index (χ1) is 4.31. The molecule has 4 nitrogen and oxygen atoms in total. The molecule has 0 radical (unpaired) electrons. The van der Waals surface area contributed by atoms with Gasteiger partial charge >= 0.3 is 6.03 Å². The van der Waals surface area contributed by atoms with E-state index in [1.807, 2.05) is 0 Å². The van der Waals surface area contributed by atoms with E-state index in [0.29, 0.717) is 0 Å². The maximum absolute atomic E-state index is 10.3. The van der Waals surface area contributed by atoms with E-state index in [9.17, 15) is 4.79 Å². The largest absolute Gasteiger partial charge is 0.341 e. The minimum absolute atomic E-state index is 0.291. The van der Waals surface area contributed by atoms with Crippen molar-refractivity contribution in [2.24, 2.45) is 4.99 Å². The van der Waals surface area contributed by atoms with Crippen molar-refractivity contribution in [1.29, 1.82) is 0 Å². The molecule has 0 unspecified atom stereocenters. The van der Waals surface area contributed by atoms with Gasteiger partial charge in [-0.15, -0.1) is 0 Å². The zero-order valence-corrected chi connectivity index (χ0v) is 5.22. The molecule has 0 saturated carbocycles. The van der Waals surface area contributed by atoms with E-state index in [1.54, 1.807) is 0 Å². The van der Waals surface area contributed by atoms with Crippen LogP contribution in [0.4, 0.5) is 4.79 Å². The van der Waals surface area contributed by atoms with Gasteiger partial charge in [-0.2, -0.15) is 0 Å². The number of hydrogen-bond donors (Lipinski definition) is 2. The van der Waals surface area contributed by atoms with Gasteiger partial charge in [0.1, 0.15) is 0 Å². The summed E-state index contributed by atoms with van der Waals surface area (Å²) in [6.45, 7) is 3.31. The second-order valence-corrected chi connectivity index (χ2v) is 1.18. The molecule has 2 N–H and O–H groups in total. The lowest BCUT2D eigenvalue weighted by molar-refractivity contribution is 0.247. The van der Waals surface area contributed by atoms with E-state index in [4.69, 9.17) is 0 Å². The number of nitrogens with zero attached hydrogens (tertiary/aromatic N) is 1. The lowest BCUT2D eigenvalue weighted by Crippen LogP contribution is -2.31. The van der Waals surface area contributed by atoms with E-state index >= 15 is 0 Å². The van der Waals surface area contributed by atoms with Gasteiger partial charge in [0, 0.05) is 13.2 Å². The summed E-state index contributed by atoms with van der Waals surface area (Å²) in [5, 5.41) is 4.67. The van der Waals surface area contributed by atoms with E-state index in [-0.39, 0.29) is 6.03 Å². The Morgan fingerprint density at radius 3 is 2.89 bits per heavy atom. The predicted octanol–water partition coefficient (Wildman–Crippen LogP) is 0.0872. The minimum Gasteiger partial charge on any atom is -0.341 e. The first-order valence-corrected chi connectivity index (χ1v) is 2.42. The molecule has 2 amide bonds. The van der Waals surface area contributed by atoms with E-state index in [0.717, 1.165) is 0 Å². The smallest absolute Gasteiger partial charge is 0.319 e. The highest BCUT2D eigenvalue weighted by Gasteiger charge is 1.86. The molecule has 4 heteroatoms. The third kappa shape index (κ3) is 4.53. The minimum atomic E-state index is -0.291. The van der Waals surface area contributed by atoms with Crippen LogP contribution in [0.5, 0.6) is 0 Å². The van der Waals surface area contributed by atoms with Crippen LogP contribution in [0.1, 0.15) is 0 Å². The van der Waals surface area contributed by atoms with Crippen molar-refractivity contribution in [3.8, 4) is 0 Å². The first kappa shape index (κ1) is 7.68. The summed E-state index contributed by atoms with van der Waals surface area (Å²) in [7, 11) is 1.52. The average molecular weight is 127 g/mol. The third-order valence-corrected chi connectivity index (χ3v) is 0.603. The number of hydrogen-bond acceptors (Lipinski definition) is 2. The Bertz CT molecular complexity index is 130. The summed E-state index contributed by atoms with van der Waals surface area (Å²) < 4.78 is 0. The van der Waals surface area contributed by atoms with Crippen LogP contribution in [0.2, 0.25) is 0 Å². The lowest BCUT2D eigenvalue weighted by atomic mass is 10.9. The molecule has 0 aromatic carbocycles. The fraction of sp³-hybridized carbons (Fsp3) is 0.200. The van der Waals surface area contributed by atoms with Crippen LogP contribution in [0, 0.1) is 0 Å². The van der Waals surface area contributed by atoms with Gasteiger partial charge in [-0.05, 0) is 0 Å². The van der Waals surface area contributed by atoms with Crippen LogP contribution in [-0.2, 0) is 0 Å². The molecule has 0 fully saturated rings. The fourth-order valence-corrected chi connectivity index (χ4v) is 0.221. The molecule has 0 aromatic heterocycles. The van der Waals surface area contributed by atoms with Gasteiger partial charge < -0.3 is 5.32 Å². The molecule has 0 aliphatic carbocycles. The summed E-state index contributed by atoms with van der Waals surface area (Å²) in [4.78, 5) is 13.9. The Hall–Kier alpha value is -1.32. The van der Waals surface area contributed by atoms with Crippen molar-refractivity contribution in [3.63, 3.8) is 0 Å². The fourth-order valence-electron chi connectivity index (χ4n) is 0.221. The highest BCUT2D eigenvalue weighted by Crippen LogP contribution is 1.60. The van der Waals surface area contributed by atoms with Crippen molar-refractivity contribution < 1.29 is 4.79 Å². The summed E-state index contributed by atoms with van der Waals surface area (Å²) in [5.41, 5.74) is 0. The number of nitrogens with one attached hydrogen (secondary N) is 2. The highest BCUT2D eigenvalue weighted by atomic mass is 16.2. The molecule has 0 aromatic rings. The molecule has 0 aliphatic rings. The van der Waals surface area contributed by atoms with Crippen LogP contribution in [0.3, 0.4) is 0 Å². The molecule has 0 heterocycles. The summed E-state index contributed by atoms with van der Waals surface area (Å²) >= 11 is 0. The summed E-state index contributed by atoms with van der Waals surface area (Å²) in [6, 6.07) is -0.291. The monoisotopic (exact) mass is 127 g/mol. The topological polar surface area (TPSA) is 53.5 Å². The molecule has 9 heavy (non-hydrogen) atoms. The molecule has 0 spiro atoms. The van der Waals surface area contributed by atoms with Crippen molar-refractivity contribution in [1.82, 2.24) is 10.6 Å². The number of carbonyl (C=O) groups excluding carboxylic acids is 1. The van der Waals surface area contributed by atoms with Crippen LogP contribution < -0.4 is 10.6 Å². The van der Waals surface area contributed by atoms with Gasteiger partial charge in [-0.3, -0.25) is 5.32 Å². The van der Waals surface area contributed by atoms with E-state index < -0.39 is 0 Å². The Labute approximate surface area is 53.7 Å². The third-order valence-electron chi connectivity index (χ3n) is 0.603. The summed E-state index contributed by atoms with van der Waals surface area (Å²) in [5.74, 6) is 0. The quantitative estimate of drug-likeness (QED) is 0.401. The molecule has 0 saturated heterocycles. The predicted molar refractivity (Wildman–Crippen MR) is 36.3 cm³/mol. The first-order valence-electron chi connectivity index (χ1n) is 2.42. The average Bonchev–Trinajstić information content (AvgIpc) is 1.89. The molecule has 50 valence electrons. The van der Waals surface area contributed by atoms with Gasteiger partial charge in [-0.25, -0.2) is 9.79 Å². The Balaban J connectivity index is 3.37. The van der Waals surface area contributed by atoms with Gasteiger partial charge in [-0.1, -0.05) is 6.58 Å². The maximum atomic E-state index is 10.3. The van der Waals surface area contributed by atoms with E-state index in [1.165, 1.54) is 19.6 Å². The maximum Gasteiger partial charge on any atom is 0.319 e. The van der Waals surface area contributed by atoms with Crippen LogP contribution >= 0.6 is 0 Å². The second-order valence-electron chi connectivity index (χ2n) is 1.18. The molecule has 0 aliphatic heterocycles. The lowest BCUT2D eigenvalue weighted by Gasteiger charge is -1.93. The Morgan fingerprint density at radius 1 is 1.78 bits per heavy atom. The van der Waals surface area contributed by atoms with Crippen LogP contribution in [0.15, 0.2) is 17.8 Å². The van der Waals surface area contributed by atoms with Gasteiger partial charge in [0.15, 0.2) is 0 Å². The number of carbonyl (C=O) groups is 1. The molecule has 0 rings (SSSR count). The van der Waals surface area contributed by atoms with Gasteiger partial charge in [0.05, 0.1) is 6.34 Å². The molecular weight excluding hydrogens is 118 g/mol. The molecule has 0 bridgehead atoms. The van der Waals surface area contributed by atoms with Gasteiger partial charge in [0.2, 0.25) is 0 Å². The number of amides is 2. The van der Waals surface area contributed by atoms with E-state index in [2.05, 4.69) is 22.2 Å². The normalized spacial score (nSPS) is 9.00. The number of rotatable bonds is 2. The molecule has 0 atom stereocenters. The van der Waals surface area contributed by atoms with Crippen molar-refractivity contribution >= 4 is 12.4 Å².